The number of hydrogen-bond acceptors (Lipinski definition) is 3. The number of esters is 1. The molecule has 0 saturated heterocycles. The predicted molar refractivity (Wildman–Crippen MR) is 56.3 cm³/mol. The van der Waals surface area contributed by atoms with Crippen molar-refractivity contribution in [1.29, 1.82) is 0 Å². The second-order valence-electron chi connectivity index (χ2n) is 2.75. The van der Waals surface area contributed by atoms with Crippen LogP contribution in [0.1, 0.15) is 12.5 Å². The summed E-state index contributed by atoms with van der Waals surface area (Å²) in [5, 5.41) is 0.722. The summed E-state index contributed by atoms with van der Waals surface area (Å²) >= 11 is 11.6. The molecule has 1 aromatic carbocycles. The van der Waals surface area contributed by atoms with Crippen LogP contribution < -0.4 is 5.73 Å². The fourth-order valence-electron chi connectivity index (χ4n) is 0.905. The topological polar surface area (TPSA) is 52.3 Å². The largest absolute Gasteiger partial charge is 0.461 e. The van der Waals surface area contributed by atoms with Gasteiger partial charge in [-0.25, -0.2) is 0 Å². The molecule has 0 unspecified atom stereocenters. The summed E-state index contributed by atoms with van der Waals surface area (Å²) in [4.78, 5) is 10.5. The average molecular weight is 234 g/mol. The molecule has 14 heavy (non-hydrogen) atoms. The summed E-state index contributed by atoms with van der Waals surface area (Å²) in [6.45, 7) is 1.48. The zero-order valence-corrected chi connectivity index (χ0v) is 9.02. The van der Waals surface area contributed by atoms with Gasteiger partial charge in [-0.2, -0.15) is 0 Å². The van der Waals surface area contributed by atoms with Crippen LogP contribution in [0.5, 0.6) is 0 Å². The van der Waals surface area contributed by atoms with Crippen molar-refractivity contribution in [3.63, 3.8) is 0 Å². The molecule has 1 aromatic rings. The monoisotopic (exact) mass is 233 g/mol. The highest BCUT2D eigenvalue weighted by molar-refractivity contribution is 6.38. The van der Waals surface area contributed by atoms with E-state index in [4.69, 9.17) is 33.7 Å². The molecule has 0 spiro atoms. The van der Waals surface area contributed by atoms with Crippen molar-refractivity contribution in [1.82, 2.24) is 0 Å². The number of benzene rings is 1. The fourth-order valence-corrected chi connectivity index (χ4v) is 1.44. The molecule has 2 N–H and O–H groups in total. The van der Waals surface area contributed by atoms with Crippen LogP contribution in [-0.2, 0) is 16.1 Å². The van der Waals surface area contributed by atoms with Crippen LogP contribution in [0.4, 0.5) is 5.69 Å². The number of nitrogens with two attached hydrogens (primary N) is 1. The molecule has 76 valence electrons. The number of rotatable bonds is 2. The van der Waals surface area contributed by atoms with E-state index in [1.54, 1.807) is 12.1 Å². The van der Waals surface area contributed by atoms with Crippen LogP contribution in [0.15, 0.2) is 12.1 Å². The summed E-state index contributed by atoms with van der Waals surface area (Å²) in [7, 11) is 0. The molecule has 1 rings (SSSR count). The fraction of sp³-hybridized carbons (Fsp3) is 0.222. The van der Waals surface area contributed by atoms with Crippen molar-refractivity contribution >= 4 is 34.9 Å². The lowest BCUT2D eigenvalue weighted by atomic mass is 10.2. The second-order valence-corrected chi connectivity index (χ2v) is 3.57. The van der Waals surface area contributed by atoms with Crippen molar-refractivity contribution in [2.24, 2.45) is 0 Å². The van der Waals surface area contributed by atoms with Gasteiger partial charge in [-0.1, -0.05) is 23.2 Å². The van der Waals surface area contributed by atoms with Gasteiger partial charge < -0.3 is 10.5 Å². The maximum atomic E-state index is 10.5. The molecule has 0 atom stereocenters. The zero-order valence-electron chi connectivity index (χ0n) is 7.51. The third-order valence-corrected chi connectivity index (χ3v) is 2.21. The zero-order chi connectivity index (χ0) is 10.7. The van der Waals surface area contributed by atoms with Gasteiger partial charge in [0.05, 0.1) is 15.7 Å². The summed E-state index contributed by atoms with van der Waals surface area (Å²) in [5.41, 5.74) is 6.58. The predicted octanol–water partition coefficient (Wildman–Crippen LogP) is 2.64. The van der Waals surface area contributed by atoms with Gasteiger partial charge in [0.15, 0.2) is 0 Å². The highest BCUT2D eigenvalue weighted by Gasteiger charge is 2.05. The van der Waals surface area contributed by atoms with E-state index in [2.05, 4.69) is 0 Å². The van der Waals surface area contributed by atoms with Crippen LogP contribution in [0.2, 0.25) is 10.0 Å². The highest BCUT2D eigenvalue weighted by atomic mass is 35.5. The molecule has 0 saturated carbocycles. The molecule has 0 aliphatic heterocycles. The SMILES string of the molecule is CC(=O)OCc1cc(Cl)c(N)c(Cl)c1. The van der Waals surface area contributed by atoms with Crippen LogP contribution in [0, 0.1) is 0 Å². The molecule has 0 fully saturated rings. The molecular formula is C9H9Cl2NO2. The van der Waals surface area contributed by atoms with Gasteiger partial charge in [0.25, 0.3) is 0 Å². The van der Waals surface area contributed by atoms with E-state index in [0.29, 0.717) is 21.3 Å². The Labute approximate surface area is 91.7 Å². The maximum absolute atomic E-state index is 10.5. The molecule has 0 aliphatic rings. The number of carbonyl (C=O) groups excluding carboxylic acids is 1. The van der Waals surface area contributed by atoms with Crippen molar-refractivity contribution in [3.05, 3.63) is 27.7 Å². The first-order valence-electron chi connectivity index (χ1n) is 3.87. The lowest BCUT2D eigenvalue weighted by molar-refractivity contribution is -0.142. The summed E-state index contributed by atoms with van der Waals surface area (Å²) in [6.07, 6.45) is 0. The van der Waals surface area contributed by atoms with Crippen LogP contribution in [0.25, 0.3) is 0 Å². The van der Waals surface area contributed by atoms with E-state index in [1.165, 1.54) is 6.92 Å². The van der Waals surface area contributed by atoms with Gasteiger partial charge in [0.1, 0.15) is 6.61 Å². The van der Waals surface area contributed by atoms with Crippen molar-refractivity contribution in [2.75, 3.05) is 5.73 Å². The summed E-state index contributed by atoms with van der Waals surface area (Å²) in [6, 6.07) is 3.23. The van der Waals surface area contributed by atoms with Gasteiger partial charge in [0.2, 0.25) is 0 Å². The number of anilines is 1. The molecule has 3 nitrogen and oxygen atoms in total. The van der Waals surface area contributed by atoms with E-state index >= 15 is 0 Å². The average Bonchev–Trinajstić information content (AvgIpc) is 2.10. The Kier molecular flexibility index (Phi) is 3.61. The number of halogens is 2. The molecular weight excluding hydrogens is 225 g/mol. The molecule has 0 aliphatic carbocycles. The smallest absolute Gasteiger partial charge is 0.302 e. The summed E-state index contributed by atoms with van der Waals surface area (Å²) < 4.78 is 4.78. The lowest BCUT2D eigenvalue weighted by Crippen LogP contribution is -1.99. The van der Waals surface area contributed by atoms with Crippen molar-refractivity contribution < 1.29 is 9.53 Å². The van der Waals surface area contributed by atoms with Crippen LogP contribution in [0.3, 0.4) is 0 Å². The summed E-state index contributed by atoms with van der Waals surface area (Å²) in [5.74, 6) is -0.353. The minimum Gasteiger partial charge on any atom is -0.461 e. The van der Waals surface area contributed by atoms with Crippen LogP contribution >= 0.6 is 23.2 Å². The Balaban J connectivity index is 2.84. The third kappa shape index (κ3) is 2.79. The van der Waals surface area contributed by atoms with Crippen LogP contribution in [-0.4, -0.2) is 5.97 Å². The first-order chi connectivity index (χ1) is 6.50. The molecule has 0 bridgehead atoms. The van der Waals surface area contributed by atoms with E-state index < -0.39 is 0 Å². The minimum absolute atomic E-state index is 0.148. The normalized spacial score (nSPS) is 9.93. The first kappa shape index (κ1) is 11.1. The number of carbonyl (C=O) groups is 1. The third-order valence-electron chi connectivity index (χ3n) is 1.58. The molecule has 5 heteroatoms. The quantitative estimate of drug-likeness (QED) is 0.632. The number of nitrogen functional groups attached to an aromatic ring is 1. The first-order valence-corrected chi connectivity index (χ1v) is 4.63. The van der Waals surface area contributed by atoms with E-state index in [9.17, 15) is 4.79 Å². The van der Waals surface area contributed by atoms with Gasteiger partial charge in [-0.3, -0.25) is 4.79 Å². The Hall–Kier alpha value is -0.930. The molecule has 0 radical (unpaired) electrons. The van der Waals surface area contributed by atoms with E-state index in [-0.39, 0.29) is 12.6 Å². The van der Waals surface area contributed by atoms with Crippen molar-refractivity contribution in [2.45, 2.75) is 13.5 Å². The Morgan fingerprint density at radius 2 is 1.93 bits per heavy atom. The Morgan fingerprint density at radius 1 is 1.43 bits per heavy atom. The minimum atomic E-state index is -0.353. The molecule has 0 heterocycles. The second kappa shape index (κ2) is 4.53. The Morgan fingerprint density at radius 3 is 2.36 bits per heavy atom. The van der Waals surface area contributed by atoms with E-state index in [1.807, 2.05) is 0 Å². The number of ether oxygens (including phenoxy) is 1. The van der Waals surface area contributed by atoms with Crippen molar-refractivity contribution in [3.8, 4) is 0 Å². The Bertz CT molecular complexity index is 343. The molecule has 0 aromatic heterocycles. The van der Waals surface area contributed by atoms with Gasteiger partial charge in [-0.05, 0) is 17.7 Å². The standard InChI is InChI=1S/C9H9Cl2NO2/c1-5(13)14-4-6-2-7(10)9(12)8(11)3-6/h2-3H,4,12H2,1H3. The highest BCUT2D eigenvalue weighted by Crippen LogP contribution is 2.28. The van der Waals surface area contributed by atoms with Gasteiger partial charge >= 0.3 is 5.97 Å². The van der Waals surface area contributed by atoms with Gasteiger partial charge in [-0.15, -0.1) is 0 Å². The van der Waals surface area contributed by atoms with Gasteiger partial charge in [0, 0.05) is 6.92 Å². The lowest BCUT2D eigenvalue weighted by Gasteiger charge is -2.06. The molecule has 0 amide bonds. The number of hydrogen-bond donors (Lipinski definition) is 1. The maximum Gasteiger partial charge on any atom is 0.302 e. The van der Waals surface area contributed by atoms with E-state index in [0.717, 1.165) is 0 Å².